The molecule has 0 spiro atoms. The van der Waals surface area contributed by atoms with E-state index in [1.807, 2.05) is 24.5 Å². The Bertz CT molecular complexity index is 2090. The summed E-state index contributed by atoms with van der Waals surface area (Å²) < 4.78 is 0. The Kier molecular flexibility index (Phi) is 8.33. The molecule has 0 fully saturated rings. The highest BCUT2D eigenvalue weighted by molar-refractivity contribution is 5.99. The maximum Gasteiger partial charge on any atom is 0.0707 e. The molecular weight excluding hydrogens is 581 g/mol. The lowest BCUT2D eigenvalue weighted by molar-refractivity contribution is 1.26. The van der Waals surface area contributed by atoms with E-state index < -0.39 is 0 Å². The van der Waals surface area contributed by atoms with E-state index in [-0.39, 0.29) is 0 Å². The van der Waals surface area contributed by atoms with Crippen LogP contribution in [-0.2, 0) is 0 Å². The Balaban J connectivity index is 1.61. The van der Waals surface area contributed by atoms with Crippen molar-refractivity contribution in [3.05, 3.63) is 167 Å². The lowest BCUT2D eigenvalue weighted by atomic mass is 9.79. The lowest BCUT2D eigenvalue weighted by Gasteiger charge is -2.25. The summed E-state index contributed by atoms with van der Waals surface area (Å²) in [6.45, 7) is 13.4. The van der Waals surface area contributed by atoms with Crippen LogP contribution < -0.4 is 0 Å². The molecule has 2 heteroatoms. The maximum atomic E-state index is 4.79. The van der Waals surface area contributed by atoms with Gasteiger partial charge in [-0.2, -0.15) is 0 Å². The van der Waals surface area contributed by atoms with Gasteiger partial charge in [0.25, 0.3) is 0 Å². The monoisotopic (exact) mass is 620 g/mol. The first-order valence-electron chi connectivity index (χ1n) is 16.7. The van der Waals surface area contributed by atoms with Gasteiger partial charge in [-0.3, -0.25) is 9.97 Å². The van der Waals surface area contributed by atoms with Crippen LogP contribution in [0, 0.1) is 41.5 Å². The molecule has 0 saturated heterocycles. The number of benzene rings is 5. The van der Waals surface area contributed by atoms with Crippen molar-refractivity contribution in [1.82, 2.24) is 9.97 Å². The number of aromatic nitrogens is 2. The van der Waals surface area contributed by atoms with Crippen LogP contribution in [0.25, 0.3) is 67.0 Å². The van der Waals surface area contributed by atoms with Crippen LogP contribution >= 0.6 is 0 Å². The minimum Gasteiger partial charge on any atom is -0.256 e. The van der Waals surface area contributed by atoms with E-state index in [9.17, 15) is 0 Å². The van der Waals surface area contributed by atoms with Crippen molar-refractivity contribution < 1.29 is 0 Å². The molecule has 0 atom stereocenters. The molecule has 2 nitrogen and oxygen atoms in total. The van der Waals surface area contributed by atoms with Crippen LogP contribution in [0.5, 0.6) is 0 Å². The number of rotatable bonds is 6. The minimum atomic E-state index is 1.00. The van der Waals surface area contributed by atoms with Crippen LogP contribution in [0.2, 0.25) is 0 Å². The third-order valence-corrected chi connectivity index (χ3v) is 9.65. The van der Waals surface area contributed by atoms with E-state index in [4.69, 9.17) is 9.97 Å². The third kappa shape index (κ3) is 5.54. The first-order valence-corrected chi connectivity index (χ1v) is 16.7. The van der Waals surface area contributed by atoms with Gasteiger partial charge in [0.05, 0.1) is 11.4 Å². The van der Waals surface area contributed by atoms with E-state index in [0.29, 0.717) is 0 Å². The number of hydrogen-bond acceptors (Lipinski definition) is 2. The van der Waals surface area contributed by atoms with E-state index >= 15 is 0 Å². The van der Waals surface area contributed by atoms with Crippen molar-refractivity contribution in [1.29, 1.82) is 0 Å². The van der Waals surface area contributed by atoms with Crippen LogP contribution in [0.1, 0.15) is 33.4 Å². The van der Waals surface area contributed by atoms with Crippen LogP contribution in [0.15, 0.2) is 134 Å². The summed E-state index contributed by atoms with van der Waals surface area (Å²) in [5.74, 6) is 0. The van der Waals surface area contributed by atoms with Gasteiger partial charge in [0, 0.05) is 23.5 Å². The lowest BCUT2D eigenvalue weighted by Crippen LogP contribution is -2.01. The molecule has 0 bridgehead atoms. The highest BCUT2D eigenvalue weighted by Crippen LogP contribution is 2.48. The van der Waals surface area contributed by atoms with Crippen molar-refractivity contribution in [3.8, 4) is 67.0 Å². The van der Waals surface area contributed by atoms with Gasteiger partial charge in [-0.1, -0.05) is 84.9 Å². The SMILES string of the molecule is Cc1cc(C)c(-c2cc(-c3ccccc3)c(-c3c(C)cc(C)c(-c4ccccn4)c3C)cc2-c2ccccc2)c(C)c1-c1ccccn1. The fourth-order valence-electron chi connectivity index (χ4n) is 7.74. The summed E-state index contributed by atoms with van der Waals surface area (Å²) in [6, 6.07) is 43.6. The summed E-state index contributed by atoms with van der Waals surface area (Å²) >= 11 is 0. The number of aryl methyl sites for hydroxylation is 4. The predicted molar refractivity (Wildman–Crippen MR) is 203 cm³/mol. The van der Waals surface area contributed by atoms with Gasteiger partial charge in [0.1, 0.15) is 0 Å². The second-order valence-corrected chi connectivity index (χ2v) is 12.9. The normalized spacial score (nSPS) is 11.1. The number of pyridine rings is 2. The zero-order chi connectivity index (χ0) is 33.4. The Morgan fingerprint density at radius 1 is 0.333 bits per heavy atom. The summed E-state index contributed by atoms with van der Waals surface area (Å²) in [6.07, 6.45) is 3.77. The fraction of sp³-hybridized carbons (Fsp3) is 0.130. The van der Waals surface area contributed by atoms with E-state index in [2.05, 4.69) is 151 Å². The van der Waals surface area contributed by atoms with Crippen LogP contribution in [0.4, 0.5) is 0 Å². The van der Waals surface area contributed by atoms with Gasteiger partial charge < -0.3 is 0 Å². The molecule has 0 amide bonds. The van der Waals surface area contributed by atoms with Crippen LogP contribution in [0.3, 0.4) is 0 Å². The smallest absolute Gasteiger partial charge is 0.0707 e. The molecule has 0 saturated carbocycles. The Labute approximate surface area is 284 Å². The van der Waals surface area contributed by atoms with Crippen molar-refractivity contribution in [2.24, 2.45) is 0 Å². The van der Waals surface area contributed by atoms with Crippen molar-refractivity contribution in [2.45, 2.75) is 41.5 Å². The second-order valence-electron chi connectivity index (χ2n) is 12.9. The summed E-state index contributed by atoms with van der Waals surface area (Å²) in [7, 11) is 0. The van der Waals surface area contributed by atoms with E-state index in [0.717, 1.165) is 11.4 Å². The van der Waals surface area contributed by atoms with Gasteiger partial charge in [-0.15, -0.1) is 0 Å². The molecule has 0 N–H and O–H groups in total. The predicted octanol–water partition coefficient (Wildman–Crippen LogP) is 12.3. The molecule has 0 aliphatic rings. The largest absolute Gasteiger partial charge is 0.256 e. The summed E-state index contributed by atoms with van der Waals surface area (Å²) in [5.41, 5.74) is 21.7. The molecule has 5 aromatic carbocycles. The maximum absolute atomic E-state index is 4.79. The van der Waals surface area contributed by atoms with E-state index in [1.54, 1.807) is 0 Å². The molecule has 0 radical (unpaired) electrons. The minimum absolute atomic E-state index is 1.00. The number of nitrogens with zero attached hydrogens (tertiary/aromatic N) is 2. The summed E-state index contributed by atoms with van der Waals surface area (Å²) in [4.78, 5) is 9.58. The van der Waals surface area contributed by atoms with Crippen molar-refractivity contribution in [3.63, 3.8) is 0 Å². The number of hydrogen-bond donors (Lipinski definition) is 0. The van der Waals surface area contributed by atoms with E-state index in [1.165, 1.54) is 89.0 Å². The van der Waals surface area contributed by atoms with Crippen LogP contribution in [-0.4, -0.2) is 9.97 Å². The summed E-state index contributed by atoms with van der Waals surface area (Å²) in [5, 5.41) is 0. The topological polar surface area (TPSA) is 25.8 Å². The standard InChI is InChI=1S/C46H40N2/c1-29-25-31(3)45(41-21-13-15-23-47-41)33(5)43(29)39-27-38(36-19-11-8-12-20-36)40(28-37(39)35-17-9-7-10-18-35)44-30(2)26-32(4)46(34(44)6)42-22-14-16-24-48-42/h7-28H,1-6H3. The second kappa shape index (κ2) is 12.9. The first kappa shape index (κ1) is 31.0. The molecule has 0 aliphatic carbocycles. The molecular formula is C46H40N2. The molecule has 7 aromatic rings. The third-order valence-electron chi connectivity index (χ3n) is 9.65. The zero-order valence-electron chi connectivity index (χ0n) is 28.6. The average Bonchev–Trinajstić information content (AvgIpc) is 3.10. The molecule has 7 rings (SSSR count). The first-order chi connectivity index (χ1) is 23.3. The molecule has 0 unspecified atom stereocenters. The highest BCUT2D eigenvalue weighted by Gasteiger charge is 2.23. The molecule has 48 heavy (non-hydrogen) atoms. The molecule has 0 aliphatic heterocycles. The molecule has 234 valence electrons. The fourth-order valence-corrected chi connectivity index (χ4v) is 7.74. The van der Waals surface area contributed by atoms with Gasteiger partial charge >= 0.3 is 0 Å². The van der Waals surface area contributed by atoms with Gasteiger partial charge in [0.15, 0.2) is 0 Å². The van der Waals surface area contributed by atoms with Crippen molar-refractivity contribution in [2.75, 3.05) is 0 Å². The Hall–Kier alpha value is -5.60. The highest BCUT2D eigenvalue weighted by atomic mass is 14.7. The van der Waals surface area contributed by atoms with Crippen molar-refractivity contribution >= 4 is 0 Å². The Morgan fingerprint density at radius 2 is 0.688 bits per heavy atom. The molecule has 2 heterocycles. The zero-order valence-corrected chi connectivity index (χ0v) is 28.6. The molecule has 2 aromatic heterocycles. The quantitative estimate of drug-likeness (QED) is 0.185. The van der Waals surface area contributed by atoms with Gasteiger partial charge in [-0.25, -0.2) is 0 Å². The average molecular weight is 621 g/mol. The van der Waals surface area contributed by atoms with Gasteiger partial charge in [0.2, 0.25) is 0 Å². The Morgan fingerprint density at radius 3 is 1.04 bits per heavy atom. The van der Waals surface area contributed by atoms with Gasteiger partial charge in [-0.05, 0) is 156 Å².